The topological polar surface area (TPSA) is 156 Å². The van der Waals surface area contributed by atoms with Gasteiger partial charge in [0, 0.05) is 54.1 Å². The molecule has 3 aromatic carbocycles. The average Bonchev–Trinajstić information content (AvgIpc) is 3.54. The Morgan fingerprint density at radius 2 is 1.64 bits per heavy atom. The van der Waals surface area contributed by atoms with Crippen LogP contribution in [-0.2, 0) is 22.6 Å². The summed E-state index contributed by atoms with van der Waals surface area (Å²) in [6.07, 6.45) is 9.18. The third-order valence-electron chi connectivity index (χ3n) is 12.7. The molecule has 4 aliphatic rings. The summed E-state index contributed by atoms with van der Waals surface area (Å²) in [4.78, 5) is 54.6. The first-order valence-electron chi connectivity index (χ1n) is 20.5. The van der Waals surface area contributed by atoms with E-state index in [1.807, 2.05) is 30.3 Å². The number of hydrogen-bond donors (Lipinski definition) is 2. The van der Waals surface area contributed by atoms with Gasteiger partial charge < -0.3 is 15.0 Å². The van der Waals surface area contributed by atoms with Gasteiger partial charge in [0.2, 0.25) is 11.8 Å². The number of hydrogen-bond acceptors (Lipinski definition) is 8. The molecule has 2 N–H and O–H groups in total. The Labute approximate surface area is 341 Å². The predicted octanol–water partition coefficient (Wildman–Crippen LogP) is 6.70. The van der Waals surface area contributed by atoms with Crippen LogP contribution in [0.4, 0.5) is 0 Å². The summed E-state index contributed by atoms with van der Waals surface area (Å²) >= 11 is 0. The number of nitrogens with one attached hydrogen (secondary N) is 2. The molecule has 7 rings (SSSR count). The second-order valence-electron chi connectivity index (χ2n) is 17.4. The first-order chi connectivity index (χ1) is 27.8. The molecule has 0 radical (unpaired) electrons. The third-order valence-corrected chi connectivity index (χ3v) is 12.7. The molecule has 4 amide bonds. The predicted molar refractivity (Wildman–Crippen MR) is 219 cm³/mol. The zero-order chi connectivity index (χ0) is 41.2. The molecule has 3 aliphatic heterocycles. The molecule has 1 saturated carbocycles. The summed E-state index contributed by atoms with van der Waals surface area (Å²) in [5.41, 5.74) is 5.73. The molecular weight excluding hydrogens is 729 g/mol. The summed E-state index contributed by atoms with van der Waals surface area (Å²) in [5, 5.41) is 24.3. The van der Waals surface area contributed by atoms with Crippen molar-refractivity contribution in [1.82, 2.24) is 20.4 Å². The highest BCUT2D eigenvalue weighted by molar-refractivity contribution is 6.05. The molecule has 2 fully saturated rings. The lowest BCUT2D eigenvalue weighted by Gasteiger charge is -2.63. The standard InChI is InChI=1S/C47H52N6O5/c1-46(2)44(47(3,4)45(46)58-37-16-14-34(27-48)35(26-37)28-49)51-41(55)32-12-10-30(11-13-32)9-7-5-6-8-22-52-23-20-31(21-24-52)33-15-17-38-36(25-33)29-53(43(38)57)39-18-19-40(54)50-42(39)56/h10-17,20,25-26,39,44-45H,5-9,18-19,21-24,29H2,1-4H3,(H,51,55)(H,50,54,56). The zero-order valence-corrected chi connectivity index (χ0v) is 33.9. The summed E-state index contributed by atoms with van der Waals surface area (Å²) in [6.45, 7) is 11.7. The number of rotatable bonds is 13. The Morgan fingerprint density at radius 1 is 0.897 bits per heavy atom. The van der Waals surface area contributed by atoms with Gasteiger partial charge in [0.15, 0.2) is 0 Å². The molecule has 1 saturated heterocycles. The fraction of sp³-hybridized carbons (Fsp3) is 0.447. The number of ether oxygens (including phenoxy) is 1. The number of nitriles is 2. The second-order valence-corrected chi connectivity index (χ2v) is 17.4. The van der Waals surface area contributed by atoms with Crippen molar-refractivity contribution < 1.29 is 23.9 Å². The lowest BCUT2D eigenvalue weighted by molar-refractivity contribution is -0.164. The molecule has 0 spiro atoms. The van der Waals surface area contributed by atoms with Gasteiger partial charge in [0.05, 0.1) is 11.1 Å². The SMILES string of the molecule is CC1(C)C(NC(=O)c2ccc(CCCCCCN3CC=C(c4ccc5c(c4)CN(C4CCC(=O)NC4=O)C5=O)CC3)cc2)C(C)(C)C1Oc1ccc(C#N)c(C#N)c1. The number of aryl methyl sites for hydroxylation is 1. The van der Waals surface area contributed by atoms with Crippen molar-refractivity contribution in [3.63, 3.8) is 0 Å². The van der Waals surface area contributed by atoms with Crippen molar-refractivity contribution in [2.75, 3.05) is 19.6 Å². The first kappa shape index (κ1) is 40.4. The van der Waals surface area contributed by atoms with Gasteiger partial charge in [-0.15, -0.1) is 0 Å². The van der Waals surface area contributed by atoms with E-state index < -0.39 is 6.04 Å². The molecule has 1 aliphatic carbocycles. The van der Waals surface area contributed by atoms with Crippen molar-refractivity contribution in [1.29, 1.82) is 10.5 Å². The minimum Gasteiger partial charge on any atom is -0.489 e. The van der Waals surface area contributed by atoms with Crippen molar-refractivity contribution >= 4 is 29.2 Å². The summed E-state index contributed by atoms with van der Waals surface area (Å²) in [5.74, 6) is -0.380. The van der Waals surface area contributed by atoms with Gasteiger partial charge in [-0.1, -0.05) is 64.8 Å². The quantitative estimate of drug-likeness (QED) is 0.144. The fourth-order valence-electron chi connectivity index (χ4n) is 9.73. The van der Waals surface area contributed by atoms with E-state index in [9.17, 15) is 29.7 Å². The lowest BCUT2D eigenvalue weighted by atomic mass is 9.49. The number of fused-ring (bicyclic) bond motifs is 1. The van der Waals surface area contributed by atoms with E-state index in [0.29, 0.717) is 35.4 Å². The maximum Gasteiger partial charge on any atom is 0.255 e. The molecule has 1 unspecified atom stereocenters. The zero-order valence-electron chi connectivity index (χ0n) is 33.9. The molecule has 11 heteroatoms. The summed E-state index contributed by atoms with van der Waals surface area (Å²) in [6, 6.07) is 22.2. The van der Waals surface area contributed by atoms with Crippen molar-refractivity contribution in [2.24, 2.45) is 10.8 Å². The minimum absolute atomic E-state index is 0.108. The first-order valence-corrected chi connectivity index (χ1v) is 20.5. The van der Waals surface area contributed by atoms with Crippen LogP contribution in [0.2, 0.25) is 0 Å². The largest absolute Gasteiger partial charge is 0.489 e. The Bertz CT molecular complexity index is 2210. The number of unbranched alkanes of at least 4 members (excludes halogenated alkanes) is 3. The van der Waals surface area contributed by atoms with Crippen LogP contribution in [0.25, 0.3) is 5.57 Å². The molecule has 1 atom stereocenters. The van der Waals surface area contributed by atoms with E-state index in [1.165, 1.54) is 17.6 Å². The van der Waals surface area contributed by atoms with Gasteiger partial charge in [-0.25, -0.2) is 0 Å². The van der Waals surface area contributed by atoms with Crippen LogP contribution in [0.15, 0.2) is 66.7 Å². The van der Waals surface area contributed by atoms with Gasteiger partial charge in [-0.2, -0.15) is 10.5 Å². The van der Waals surface area contributed by atoms with Crippen LogP contribution in [-0.4, -0.2) is 71.3 Å². The number of nitrogens with zero attached hydrogens (tertiary/aromatic N) is 4. The van der Waals surface area contributed by atoms with Crippen LogP contribution in [0, 0.1) is 33.5 Å². The van der Waals surface area contributed by atoms with E-state index in [2.05, 4.69) is 73.6 Å². The average molecular weight is 781 g/mol. The molecule has 0 aromatic heterocycles. The number of carbonyl (C=O) groups is 4. The summed E-state index contributed by atoms with van der Waals surface area (Å²) < 4.78 is 6.36. The van der Waals surface area contributed by atoms with Crippen LogP contribution in [0.1, 0.15) is 121 Å². The van der Waals surface area contributed by atoms with Crippen LogP contribution in [0.3, 0.4) is 0 Å². The maximum absolute atomic E-state index is 13.4. The monoisotopic (exact) mass is 780 g/mol. The Kier molecular flexibility index (Phi) is 11.6. The smallest absolute Gasteiger partial charge is 0.255 e. The van der Waals surface area contributed by atoms with Crippen molar-refractivity contribution in [3.8, 4) is 17.9 Å². The molecule has 11 nitrogen and oxygen atoms in total. The molecular formula is C47H52N6O5. The number of benzene rings is 3. The third kappa shape index (κ3) is 8.14. The van der Waals surface area contributed by atoms with Crippen molar-refractivity contribution in [3.05, 3.63) is 106 Å². The molecule has 300 valence electrons. The van der Waals surface area contributed by atoms with Crippen LogP contribution < -0.4 is 15.4 Å². The van der Waals surface area contributed by atoms with Crippen LogP contribution in [0.5, 0.6) is 5.75 Å². The molecule has 3 heterocycles. The normalized spacial score (nSPS) is 22.2. The fourth-order valence-corrected chi connectivity index (χ4v) is 9.73. The van der Waals surface area contributed by atoms with E-state index in [1.54, 1.807) is 23.1 Å². The van der Waals surface area contributed by atoms with Crippen molar-refractivity contribution in [2.45, 2.75) is 104 Å². The van der Waals surface area contributed by atoms with E-state index in [-0.39, 0.29) is 58.6 Å². The highest BCUT2D eigenvalue weighted by Gasteiger charge is 2.64. The second kappa shape index (κ2) is 16.6. The highest BCUT2D eigenvalue weighted by Crippen LogP contribution is 2.55. The van der Waals surface area contributed by atoms with Gasteiger partial charge in [-0.3, -0.25) is 29.4 Å². The lowest BCUT2D eigenvalue weighted by Crippen LogP contribution is -2.74. The molecule has 0 bridgehead atoms. The molecule has 3 aromatic rings. The Hall–Kier alpha value is -5.78. The van der Waals surface area contributed by atoms with E-state index >= 15 is 0 Å². The van der Waals surface area contributed by atoms with E-state index in [0.717, 1.165) is 62.9 Å². The van der Waals surface area contributed by atoms with Crippen LogP contribution >= 0.6 is 0 Å². The molecule has 58 heavy (non-hydrogen) atoms. The van der Waals surface area contributed by atoms with Gasteiger partial charge in [0.25, 0.3) is 11.8 Å². The van der Waals surface area contributed by atoms with Gasteiger partial charge in [0.1, 0.15) is 30.0 Å². The Balaban J connectivity index is 0.809. The van der Waals surface area contributed by atoms with E-state index in [4.69, 9.17) is 4.74 Å². The maximum atomic E-state index is 13.4. The van der Waals surface area contributed by atoms with Gasteiger partial charge >= 0.3 is 0 Å². The Morgan fingerprint density at radius 3 is 2.33 bits per heavy atom. The number of imide groups is 1. The number of amides is 4. The van der Waals surface area contributed by atoms with Gasteiger partial charge in [-0.05, 0) is 103 Å². The highest BCUT2D eigenvalue weighted by atomic mass is 16.5. The minimum atomic E-state index is -0.600. The number of carbonyl (C=O) groups excluding carboxylic acids is 4. The number of piperidine rings is 1. The summed E-state index contributed by atoms with van der Waals surface area (Å²) in [7, 11) is 0.